The molecule has 1 saturated heterocycles. The topological polar surface area (TPSA) is 58.4 Å². The molecule has 4 heteroatoms. The Balaban J connectivity index is 1.98. The molecule has 0 radical (unpaired) electrons. The summed E-state index contributed by atoms with van der Waals surface area (Å²) in [4.78, 5) is 14.8. The lowest BCUT2D eigenvalue weighted by molar-refractivity contribution is -0.120. The molecule has 2 unspecified atom stereocenters. The van der Waals surface area contributed by atoms with Gasteiger partial charge in [-0.15, -0.1) is 0 Å². The third kappa shape index (κ3) is 4.21. The number of carbonyl (C=O) groups is 1. The van der Waals surface area contributed by atoms with Crippen molar-refractivity contribution in [3.63, 3.8) is 0 Å². The van der Waals surface area contributed by atoms with Crippen LogP contribution < -0.4 is 11.1 Å². The van der Waals surface area contributed by atoms with Crippen LogP contribution in [0.15, 0.2) is 18.2 Å². The Morgan fingerprint density at radius 1 is 1.38 bits per heavy atom. The first-order chi connectivity index (χ1) is 9.97. The summed E-state index contributed by atoms with van der Waals surface area (Å²) in [6, 6.07) is 5.49. The summed E-state index contributed by atoms with van der Waals surface area (Å²) in [5.41, 5.74) is 8.32. The van der Waals surface area contributed by atoms with Crippen molar-refractivity contribution in [2.45, 2.75) is 46.1 Å². The van der Waals surface area contributed by atoms with Gasteiger partial charge in [0, 0.05) is 11.4 Å². The van der Waals surface area contributed by atoms with E-state index in [0.717, 1.165) is 35.9 Å². The molecule has 0 spiro atoms. The van der Waals surface area contributed by atoms with Crippen LogP contribution in [0.25, 0.3) is 0 Å². The summed E-state index contributed by atoms with van der Waals surface area (Å²) in [7, 11) is 0. The van der Waals surface area contributed by atoms with Gasteiger partial charge in [-0.25, -0.2) is 0 Å². The average Bonchev–Trinajstić information content (AvgIpc) is 2.66. The van der Waals surface area contributed by atoms with E-state index in [1.54, 1.807) is 0 Å². The molecular weight excluding hydrogens is 262 g/mol. The Labute approximate surface area is 127 Å². The molecule has 1 fully saturated rings. The maximum Gasteiger partial charge on any atom is 0.241 e. The molecule has 21 heavy (non-hydrogen) atoms. The number of nitrogens with one attached hydrogen (secondary N) is 1. The molecule has 1 heterocycles. The van der Waals surface area contributed by atoms with Gasteiger partial charge in [0.1, 0.15) is 0 Å². The molecule has 3 N–H and O–H groups in total. The molecule has 0 aromatic heterocycles. The monoisotopic (exact) mass is 289 g/mol. The lowest BCUT2D eigenvalue weighted by atomic mass is 10.0. The average molecular weight is 289 g/mol. The Morgan fingerprint density at radius 3 is 2.86 bits per heavy atom. The van der Waals surface area contributed by atoms with Crippen molar-refractivity contribution >= 4 is 17.3 Å². The van der Waals surface area contributed by atoms with Crippen molar-refractivity contribution in [1.29, 1.82) is 0 Å². The van der Waals surface area contributed by atoms with Crippen LogP contribution in [-0.2, 0) is 4.79 Å². The number of aryl methyl sites for hydroxylation is 1. The normalized spacial score (nSPS) is 21.6. The quantitative estimate of drug-likeness (QED) is 0.841. The molecule has 1 aromatic rings. The highest BCUT2D eigenvalue weighted by atomic mass is 16.2. The number of nitrogen functional groups attached to an aromatic ring is 1. The van der Waals surface area contributed by atoms with E-state index in [9.17, 15) is 4.79 Å². The van der Waals surface area contributed by atoms with Crippen molar-refractivity contribution in [3.8, 4) is 0 Å². The van der Waals surface area contributed by atoms with E-state index < -0.39 is 0 Å². The highest BCUT2D eigenvalue weighted by Gasteiger charge is 2.23. The van der Waals surface area contributed by atoms with Crippen LogP contribution >= 0.6 is 0 Å². The largest absolute Gasteiger partial charge is 0.399 e. The number of benzene rings is 1. The highest BCUT2D eigenvalue weighted by molar-refractivity contribution is 5.95. The first kappa shape index (κ1) is 15.8. The van der Waals surface area contributed by atoms with Gasteiger partial charge in [0.2, 0.25) is 5.91 Å². The van der Waals surface area contributed by atoms with E-state index in [2.05, 4.69) is 17.1 Å². The van der Waals surface area contributed by atoms with E-state index in [0.29, 0.717) is 0 Å². The summed E-state index contributed by atoms with van der Waals surface area (Å²) in [6.07, 6.45) is 3.63. The molecule has 0 saturated carbocycles. The van der Waals surface area contributed by atoms with Gasteiger partial charge in [-0.3, -0.25) is 9.69 Å². The smallest absolute Gasteiger partial charge is 0.241 e. The lowest BCUT2D eigenvalue weighted by Gasteiger charge is -2.27. The number of nitrogens with two attached hydrogens (primary N) is 1. The van der Waals surface area contributed by atoms with Crippen LogP contribution in [0, 0.1) is 12.8 Å². The summed E-state index contributed by atoms with van der Waals surface area (Å²) in [5, 5.41) is 3.03. The number of hydrogen-bond donors (Lipinski definition) is 2. The molecule has 0 aliphatic carbocycles. The first-order valence-corrected chi connectivity index (χ1v) is 7.88. The van der Waals surface area contributed by atoms with Crippen LogP contribution in [0.3, 0.4) is 0 Å². The maximum atomic E-state index is 12.5. The van der Waals surface area contributed by atoms with Crippen LogP contribution in [0.1, 0.15) is 38.7 Å². The summed E-state index contributed by atoms with van der Waals surface area (Å²) in [6.45, 7) is 8.28. The van der Waals surface area contributed by atoms with E-state index >= 15 is 0 Å². The van der Waals surface area contributed by atoms with Crippen molar-refractivity contribution in [2.75, 3.05) is 24.1 Å². The van der Waals surface area contributed by atoms with Crippen LogP contribution in [0.2, 0.25) is 0 Å². The number of anilines is 2. The van der Waals surface area contributed by atoms with Gasteiger partial charge in [-0.1, -0.05) is 6.92 Å². The molecule has 4 nitrogen and oxygen atoms in total. The maximum absolute atomic E-state index is 12.5. The molecule has 0 bridgehead atoms. The lowest BCUT2D eigenvalue weighted by Crippen LogP contribution is -2.42. The zero-order chi connectivity index (χ0) is 15.4. The highest BCUT2D eigenvalue weighted by Crippen LogP contribution is 2.20. The zero-order valence-corrected chi connectivity index (χ0v) is 13.4. The summed E-state index contributed by atoms with van der Waals surface area (Å²) >= 11 is 0. The summed E-state index contributed by atoms with van der Waals surface area (Å²) < 4.78 is 0. The second-order valence-corrected chi connectivity index (χ2v) is 6.31. The van der Waals surface area contributed by atoms with E-state index in [1.165, 1.54) is 19.3 Å². The van der Waals surface area contributed by atoms with Gasteiger partial charge < -0.3 is 11.1 Å². The number of nitrogens with zero attached hydrogens (tertiary/aromatic N) is 1. The van der Waals surface area contributed by atoms with Gasteiger partial charge in [0.25, 0.3) is 0 Å². The van der Waals surface area contributed by atoms with Crippen molar-refractivity contribution in [1.82, 2.24) is 4.90 Å². The van der Waals surface area contributed by atoms with Gasteiger partial charge in [0.15, 0.2) is 0 Å². The fraction of sp³-hybridized carbons (Fsp3) is 0.588. The Bertz CT molecular complexity index is 501. The van der Waals surface area contributed by atoms with Crippen LogP contribution in [0.5, 0.6) is 0 Å². The number of likely N-dealkylation sites (tertiary alicyclic amines) is 1. The van der Waals surface area contributed by atoms with E-state index in [4.69, 9.17) is 5.73 Å². The Hall–Kier alpha value is -1.55. The van der Waals surface area contributed by atoms with E-state index in [-0.39, 0.29) is 11.9 Å². The molecule has 116 valence electrons. The van der Waals surface area contributed by atoms with E-state index in [1.807, 2.05) is 32.0 Å². The minimum absolute atomic E-state index is 0.0671. The molecule has 1 aromatic carbocycles. The van der Waals surface area contributed by atoms with Crippen LogP contribution in [-0.4, -0.2) is 29.9 Å². The Kier molecular flexibility index (Phi) is 5.23. The Morgan fingerprint density at radius 2 is 2.14 bits per heavy atom. The third-order valence-corrected chi connectivity index (χ3v) is 4.49. The van der Waals surface area contributed by atoms with Gasteiger partial charge >= 0.3 is 0 Å². The van der Waals surface area contributed by atoms with Crippen molar-refractivity contribution in [3.05, 3.63) is 23.8 Å². The molecule has 1 amide bonds. The molecule has 1 aliphatic rings. The van der Waals surface area contributed by atoms with Gasteiger partial charge in [-0.05, 0) is 75.9 Å². The van der Waals surface area contributed by atoms with Gasteiger partial charge in [0.05, 0.1) is 6.04 Å². The minimum atomic E-state index is -0.0905. The van der Waals surface area contributed by atoms with Gasteiger partial charge in [-0.2, -0.15) is 0 Å². The molecule has 2 atom stereocenters. The minimum Gasteiger partial charge on any atom is -0.399 e. The number of rotatable bonds is 3. The SMILES string of the molecule is Cc1cc(N)ccc1NC(=O)C(C)N1CCCC(C)CC1. The predicted molar refractivity (Wildman–Crippen MR) is 88.3 cm³/mol. The zero-order valence-electron chi connectivity index (χ0n) is 13.4. The number of carbonyl (C=O) groups excluding carboxylic acids is 1. The fourth-order valence-electron chi connectivity index (χ4n) is 2.90. The third-order valence-electron chi connectivity index (χ3n) is 4.49. The van der Waals surface area contributed by atoms with Crippen molar-refractivity contribution < 1.29 is 4.79 Å². The van der Waals surface area contributed by atoms with Crippen LogP contribution in [0.4, 0.5) is 11.4 Å². The predicted octanol–water partition coefficient (Wildman–Crippen LogP) is 3.03. The second kappa shape index (κ2) is 6.94. The van der Waals surface area contributed by atoms with Crippen molar-refractivity contribution in [2.24, 2.45) is 5.92 Å². The number of hydrogen-bond acceptors (Lipinski definition) is 3. The first-order valence-electron chi connectivity index (χ1n) is 7.88. The molecule has 1 aliphatic heterocycles. The second-order valence-electron chi connectivity index (χ2n) is 6.31. The standard InChI is InChI=1S/C17H27N3O/c1-12-5-4-9-20(10-8-12)14(3)17(21)19-16-7-6-15(18)11-13(16)2/h6-7,11-12,14H,4-5,8-10,18H2,1-3H3,(H,19,21). The molecule has 2 rings (SSSR count). The fourth-order valence-corrected chi connectivity index (χ4v) is 2.90. The number of amides is 1. The molecular formula is C17H27N3O. The summed E-state index contributed by atoms with van der Waals surface area (Å²) in [5.74, 6) is 0.835.